The summed E-state index contributed by atoms with van der Waals surface area (Å²) in [5.74, 6) is 0.463. The molecule has 0 aliphatic carbocycles. The number of hydrogen-bond donors (Lipinski definition) is 2. The minimum absolute atomic E-state index is 0.221. The van der Waals surface area contributed by atoms with Gasteiger partial charge in [-0.2, -0.15) is 5.10 Å². The van der Waals surface area contributed by atoms with E-state index in [1.54, 1.807) is 6.07 Å². The first kappa shape index (κ1) is 13.3. The minimum atomic E-state index is -0.221. The van der Waals surface area contributed by atoms with Crippen molar-refractivity contribution in [3.8, 4) is 0 Å². The van der Waals surface area contributed by atoms with Crippen LogP contribution in [0.2, 0.25) is 0 Å². The van der Waals surface area contributed by atoms with Gasteiger partial charge in [-0.05, 0) is 24.6 Å². The first-order valence-corrected chi connectivity index (χ1v) is 6.89. The van der Waals surface area contributed by atoms with E-state index in [2.05, 4.69) is 32.6 Å². The number of carbonyl (C=O) groups excluding carboxylic acids is 1. The number of pyridine rings is 1. The number of nitrogens with one attached hydrogen (secondary N) is 2. The molecule has 7 nitrogen and oxygen atoms in total. The molecule has 0 saturated carbocycles. The summed E-state index contributed by atoms with van der Waals surface area (Å²) in [6.45, 7) is 2.39. The molecule has 0 aliphatic heterocycles. The van der Waals surface area contributed by atoms with E-state index in [0.717, 1.165) is 24.2 Å². The van der Waals surface area contributed by atoms with E-state index < -0.39 is 0 Å². The summed E-state index contributed by atoms with van der Waals surface area (Å²) < 4.78 is 1.84. The molecule has 7 heteroatoms. The minimum Gasteiger partial charge on any atom is -0.343 e. The summed E-state index contributed by atoms with van der Waals surface area (Å²) in [7, 11) is 0. The molecule has 0 fully saturated rings. The van der Waals surface area contributed by atoms with E-state index in [0.29, 0.717) is 18.1 Å². The molecule has 3 aromatic rings. The third-order valence-corrected chi connectivity index (χ3v) is 3.17. The number of fused-ring (bicyclic) bond motifs is 1. The van der Waals surface area contributed by atoms with Crippen LogP contribution in [0.5, 0.6) is 0 Å². The van der Waals surface area contributed by atoms with Crippen LogP contribution in [0.1, 0.15) is 35.4 Å². The Bertz CT molecular complexity index is 760. The summed E-state index contributed by atoms with van der Waals surface area (Å²) in [5.41, 5.74) is 2.12. The highest BCUT2D eigenvalue weighted by molar-refractivity contribution is 5.92. The highest BCUT2D eigenvalue weighted by atomic mass is 16.1. The van der Waals surface area contributed by atoms with Gasteiger partial charge in [0.15, 0.2) is 11.5 Å². The number of amides is 1. The zero-order valence-electron chi connectivity index (χ0n) is 11.7. The maximum Gasteiger partial charge on any atom is 0.272 e. The first-order chi connectivity index (χ1) is 10.3. The van der Waals surface area contributed by atoms with Crippen LogP contribution in [0.3, 0.4) is 0 Å². The molecule has 1 amide bonds. The van der Waals surface area contributed by atoms with Crippen molar-refractivity contribution in [1.29, 1.82) is 0 Å². The lowest BCUT2D eigenvalue weighted by atomic mass is 10.2. The summed E-state index contributed by atoms with van der Waals surface area (Å²) in [6, 6.07) is 7.43. The molecule has 3 aromatic heterocycles. The van der Waals surface area contributed by atoms with Gasteiger partial charge in [-0.25, -0.2) is 0 Å². The Morgan fingerprint density at radius 2 is 2.29 bits per heavy atom. The van der Waals surface area contributed by atoms with E-state index in [4.69, 9.17) is 0 Å². The Hall–Kier alpha value is -2.70. The van der Waals surface area contributed by atoms with Crippen molar-refractivity contribution in [1.82, 2.24) is 30.1 Å². The fourth-order valence-corrected chi connectivity index (χ4v) is 2.14. The summed E-state index contributed by atoms with van der Waals surface area (Å²) in [5, 5.41) is 17.8. The second kappa shape index (κ2) is 5.74. The molecular weight excluding hydrogens is 268 g/mol. The molecule has 21 heavy (non-hydrogen) atoms. The third-order valence-electron chi connectivity index (χ3n) is 3.17. The molecule has 0 radical (unpaired) electrons. The van der Waals surface area contributed by atoms with E-state index in [1.807, 2.05) is 28.8 Å². The number of nitrogens with zero attached hydrogens (tertiary/aromatic N) is 4. The average molecular weight is 284 g/mol. The number of hydrogen-bond acceptors (Lipinski definition) is 4. The molecule has 3 rings (SSSR count). The predicted molar refractivity (Wildman–Crippen MR) is 76.7 cm³/mol. The van der Waals surface area contributed by atoms with E-state index in [9.17, 15) is 4.79 Å². The fourth-order valence-electron chi connectivity index (χ4n) is 2.14. The summed E-state index contributed by atoms with van der Waals surface area (Å²) in [6.07, 6.45) is 3.76. The summed E-state index contributed by atoms with van der Waals surface area (Å²) in [4.78, 5) is 12.0. The maximum atomic E-state index is 12.0. The lowest BCUT2D eigenvalue weighted by Crippen LogP contribution is -2.24. The Morgan fingerprint density at radius 3 is 3.14 bits per heavy atom. The van der Waals surface area contributed by atoms with Crippen LogP contribution >= 0.6 is 0 Å². The fraction of sp³-hybridized carbons (Fsp3) is 0.286. The van der Waals surface area contributed by atoms with Crippen LogP contribution in [-0.2, 0) is 13.0 Å². The van der Waals surface area contributed by atoms with Gasteiger partial charge in [0.1, 0.15) is 5.69 Å². The van der Waals surface area contributed by atoms with Crippen LogP contribution in [0.15, 0.2) is 30.5 Å². The molecule has 108 valence electrons. The normalized spacial score (nSPS) is 10.9. The Morgan fingerprint density at radius 1 is 1.38 bits per heavy atom. The topological polar surface area (TPSA) is 88.0 Å². The van der Waals surface area contributed by atoms with Gasteiger partial charge < -0.3 is 5.32 Å². The number of aromatic amines is 1. The van der Waals surface area contributed by atoms with Crippen LogP contribution in [-0.4, -0.2) is 30.7 Å². The smallest absolute Gasteiger partial charge is 0.272 e. The van der Waals surface area contributed by atoms with Crippen molar-refractivity contribution in [2.24, 2.45) is 0 Å². The van der Waals surface area contributed by atoms with Crippen LogP contribution in [0.25, 0.3) is 5.65 Å². The number of aromatic nitrogens is 5. The van der Waals surface area contributed by atoms with Crippen LogP contribution < -0.4 is 5.32 Å². The zero-order chi connectivity index (χ0) is 14.7. The van der Waals surface area contributed by atoms with Crippen molar-refractivity contribution < 1.29 is 4.79 Å². The number of carbonyl (C=O) groups is 1. The van der Waals surface area contributed by atoms with Gasteiger partial charge in [-0.3, -0.25) is 14.3 Å². The van der Waals surface area contributed by atoms with Crippen molar-refractivity contribution in [3.05, 3.63) is 47.7 Å². The van der Waals surface area contributed by atoms with Crippen molar-refractivity contribution in [2.75, 3.05) is 0 Å². The largest absolute Gasteiger partial charge is 0.343 e. The van der Waals surface area contributed by atoms with E-state index in [-0.39, 0.29) is 5.91 Å². The number of rotatable bonds is 5. The van der Waals surface area contributed by atoms with Gasteiger partial charge in [0.05, 0.1) is 6.54 Å². The molecule has 0 aliphatic rings. The molecule has 0 spiro atoms. The van der Waals surface area contributed by atoms with E-state index >= 15 is 0 Å². The number of H-pyrrole nitrogens is 1. The van der Waals surface area contributed by atoms with Gasteiger partial charge >= 0.3 is 0 Å². The highest BCUT2D eigenvalue weighted by Crippen LogP contribution is 2.04. The van der Waals surface area contributed by atoms with Gasteiger partial charge in [0, 0.05) is 11.9 Å². The molecule has 0 saturated heterocycles. The van der Waals surface area contributed by atoms with Crippen molar-refractivity contribution in [2.45, 2.75) is 26.3 Å². The first-order valence-electron chi connectivity index (χ1n) is 6.89. The second-order valence-electron chi connectivity index (χ2n) is 4.76. The Labute approximate surface area is 121 Å². The van der Waals surface area contributed by atoms with Gasteiger partial charge in [-0.15, -0.1) is 10.2 Å². The van der Waals surface area contributed by atoms with Crippen LogP contribution in [0, 0.1) is 0 Å². The lowest BCUT2D eigenvalue weighted by Gasteiger charge is -2.01. The maximum absolute atomic E-state index is 12.0. The highest BCUT2D eigenvalue weighted by Gasteiger charge is 2.11. The molecule has 2 N–H and O–H groups in total. The molecule has 0 atom stereocenters. The van der Waals surface area contributed by atoms with Crippen LogP contribution in [0.4, 0.5) is 0 Å². The van der Waals surface area contributed by atoms with Crippen molar-refractivity contribution >= 4 is 11.6 Å². The Kier molecular flexibility index (Phi) is 3.63. The SMILES string of the molecule is CCCc1cc(C(=O)NCc2nnc3ccccn23)n[nH]1. The summed E-state index contributed by atoms with van der Waals surface area (Å²) >= 11 is 0. The molecule has 3 heterocycles. The quantitative estimate of drug-likeness (QED) is 0.740. The van der Waals surface area contributed by atoms with Crippen molar-refractivity contribution in [3.63, 3.8) is 0 Å². The lowest BCUT2D eigenvalue weighted by molar-refractivity contribution is 0.0944. The zero-order valence-corrected chi connectivity index (χ0v) is 11.7. The number of aryl methyl sites for hydroxylation is 1. The average Bonchev–Trinajstić information content (AvgIpc) is 3.12. The third kappa shape index (κ3) is 2.76. The van der Waals surface area contributed by atoms with Gasteiger partial charge in [-0.1, -0.05) is 19.4 Å². The predicted octanol–water partition coefficient (Wildman–Crippen LogP) is 1.33. The molecule has 0 bridgehead atoms. The standard InChI is InChI=1S/C14H16N6O/c1-2-5-10-8-11(17-16-10)14(21)15-9-13-19-18-12-6-3-4-7-20(12)13/h3-4,6-8H,2,5,9H2,1H3,(H,15,21)(H,16,17). The Balaban J connectivity index is 1.67. The molecular formula is C14H16N6O. The van der Waals surface area contributed by atoms with E-state index in [1.165, 1.54) is 0 Å². The second-order valence-corrected chi connectivity index (χ2v) is 4.76. The monoisotopic (exact) mass is 284 g/mol. The van der Waals surface area contributed by atoms with Gasteiger partial charge in [0.2, 0.25) is 0 Å². The van der Waals surface area contributed by atoms with Gasteiger partial charge in [0.25, 0.3) is 5.91 Å². The molecule has 0 aromatic carbocycles. The molecule has 0 unspecified atom stereocenters.